The zero-order valence-corrected chi connectivity index (χ0v) is 16.8. The quantitative estimate of drug-likeness (QED) is 0.455. The Labute approximate surface area is 179 Å². The van der Waals surface area contributed by atoms with Crippen molar-refractivity contribution in [1.82, 2.24) is 29.9 Å². The van der Waals surface area contributed by atoms with E-state index in [0.717, 1.165) is 0 Å². The van der Waals surface area contributed by atoms with Crippen LogP contribution in [0.4, 0.5) is 9.52 Å². The average molecular weight is 431 g/mol. The van der Waals surface area contributed by atoms with Crippen molar-refractivity contribution in [2.24, 2.45) is 0 Å². The van der Waals surface area contributed by atoms with E-state index >= 15 is 0 Å². The van der Waals surface area contributed by atoms with Crippen molar-refractivity contribution in [1.29, 1.82) is 0 Å². The molecule has 0 radical (unpaired) electrons. The molecule has 1 N–H and O–H groups in total. The molecule has 4 aromatic heterocycles. The molecule has 0 atom stereocenters. The highest BCUT2D eigenvalue weighted by atomic mass is 32.1. The van der Waals surface area contributed by atoms with E-state index in [-0.39, 0.29) is 18.1 Å². The number of amides is 1. The van der Waals surface area contributed by atoms with Gasteiger partial charge in [0, 0.05) is 18.0 Å². The largest absolute Gasteiger partial charge is 0.295 e. The van der Waals surface area contributed by atoms with Gasteiger partial charge >= 0.3 is 0 Å². The Morgan fingerprint density at radius 3 is 2.68 bits per heavy atom. The summed E-state index contributed by atoms with van der Waals surface area (Å²) < 4.78 is 15.6. The van der Waals surface area contributed by atoms with Crippen LogP contribution in [-0.4, -0.2) is 35.9 Å². The molecule has 0 saturated heterocycles. The number of hydrogen-bond donors (Lipinski definition) is 1. The summed E-state index contributed by atoms with van der Waals surface area (Å²) in [6.07, 6.45) is 3.27. The predicted octanol–water partition coefficient (Wildman–Crippen LogP) is 3.78. The molecule has 0 unspecified atom stereocenters. The lowest BCUT2D eigenvalue weighted by Gasteiger charge is -2.04. The minimum Gasteiger partial charge on any atom is -0.295 e. The number of rotatable bonds is 5. The molecule has 0 aliphatic carbocycles. The maximum absolute atomic E-state index is 14.1. The summed E-state index contributed by atoms with van der Waals surface area (Å²) in [4.78, 5) is 21.5. The fraction of sp³-hybridized carbons (Fsp3) is 0.0476. The SMILES string of the molecule is O=C(Nc1nnc(-c2ccccn2)s1)c1nn(Cc2ccccc2F)c2ncccc12. The van der Waals surface area contributed by atoms with Gasteiger partial charge in [0.15, 0.2) is 16.3 Å². The number of carbonyl (C=O) groups excluding carboxylic acids is 1. The first kappa shape index (κ1) is 18.9. The van der Waals surface area contributed by atoms with Crippen LogP contribution in [0.1, 0.15) is 16.1 Å². The molecule has 152 valence electrons. The van der Waals surface area contributed by atoms with Gasteiger partial charge in [-0.25, -0.2) is 14.1 Å². The summed E-state index contributed by atoms with van der Waals surface area (Å²) in [5.41, 5.74) is 1.79. The Bertz CT molecular complexity index is 1380. The third-order valence-corrected chi connectivity index (χ3v) is 5.39. The van der Waals surface area contributed by atoms with Crippen LogP contribution in [0.5, 0.6) is 0 Å². The fourth-order valence-electron chi connectivity index (χ4n) is 3.10. The molecule has 4 heterocycles. The summed E-state index contributed by atoms with van der Waals surface area (Å²) in [6.45, 7) is 0.149. The molecule has 8 nitrogen and oxygen atoms in total. The second-order valence-corrected chi connectivity index (χ2v) is 7.53. The van der Waals surface area contributed by atoms with E-state index in [1.807, 2.05) is 18.2 Å². The molecular weight excluding hydrogens is 417 g/mol. The number of benzene rings is 1. The zero-order chi connectivity index (χ0) is 21.2. The first-order valence-corrected chi connectivity index (χ1v) is 10.1. The van der Waals surface area contributed by atoms with Crippen LogP contribution >= 0.6 is 11.3 Å². The second-order valence-electron chi connectivity index (χ2n) is 6.55. The third kappa shape index (κ3) is 3.76. The standard InChI is InChI=1S/C21H14FN7OS/c22-15-8-2-1-6-13(15)12-29-18-14(7-5-11-24-18)17(28-29)19(30)25-21-27-26-20(31-21)16-9-3-4-10-23-16/h1-11H,12H2,(H,25,27,30). The van der Waals surface area contributed by atoms with Crippen molar-refractivity contribution in [2.75, 3.05) is 5.32 Å². The molecular formula is C21H14FN7OS. The van der Waals surface area contributed by atoms with E-state index in [0.29, 0.717) is 32.4 Å². The molecule has 0 aliphatic rings. The molecule has 0 aliphatic heterocycles. The van der Waals surface area contributed by atoms with E-state index in [9.17, 15) is 9.18 Å². The summed E-state index contributed by atoms with van der Waals surface area (Å²) in [5.74, 6) is -0.794. The topological polar surface area (TPSA) is 98.5 Å². The van der Waals surface area contributed by atoms with Crippen molar-refractivity contribution in [3.8, 4) is 10.7 Å². The Balaban J connectivity index is 1.44. The maximum Gasteiger partial charge on any atom is 0.278 e. The molecule has 1 aromatic carbocycles. The van der Waals surface area contributed by atoms with Crippen LogP contribution in [0, 0.1) is 5.82 Å². The number of hydrogen-bond acceptors (Lipinski definition) is 7. The highest BCUT2D eigenvalue weighted by Crippen LogP contribution is 2.25. The van der Waals surface area contributed by atoms with Crippen molar-refractivity contribution in [3.05, 3.63) is 84.1 Å². The van der Waals surface area contributed by atoms with Gasteiger partial charge in [0.05, 0.1) is 11.9 Å². The van der Waals surface area contributed by atoms with Gasteiger partial charge in [0.25, 0.3) is 5.91 Å². The molecule has 0 saturated carbocycles. The van der Waals surface area contributed by atoms with Gasteiger partial charge in [0.2, 0.25) is 5.13 Å². The normalized spacial score (nSPS) is 11.0. The monoisotopic (exact) mass is 431 g/mol. The highest BCUT2D eigenvalue weighted by Gasteiger charge is 2.20. The molecule has 0 fully saturated rings. The minimum absolute atomic E-state index is 0.149. The van der Waals surface area contributed by atoms with Crippen molar-refractivity contribution in [2.45, 2.75) is 6.54 Å². The minimum atomic E-state index is -0.450. The number of aromatic nitrogens is 6. The smallest absolute Gasteiger partial charge is 0.278 e. The lowest BCUT2D eigenvalue weighted by molar-refractivity contribution is 0.102. The molecule has 0 bridgehead atoms. The van der Waals surface area contributed by atoms with Crippen molar-refractivity contribution < 1.29 is 9.18 Å². The zero-order valence-electron chi connectivity index (χ0n) is 15.9. The first-order valence-electron chi connectivity index (χ1n) is 9.30. The van der Waals surface area contributed by atoms with E-state index < -0.39 is 5.91 Å². The summed E-state index contributed by atoms with van der Waals surface area (Å²) in [7, 11) is 0. The second kappa shape index (κ2) is 8.00. The van der Waals surface area contributed by atoms with Crippen LogP contribution in [0.15, 0.2) is 67.0 Å². The van der Waals surface area contributed by atoms with E-state index in [1.165, 1.54) is 22.1 Å². The van der Waals surface area contributed by atoms with Crippen molar-refractivity contribution >= 4 is 33.4 Å². The third-order valence-electron chi connectivity index (χ3n) is 4.53. The van der Waals surface area contributed by atoms with Crippen LogP contribution < -0.4 is 5.32 Å². The first-order chi connectivity index (χ1) is 15.2. The lowest BCUT2D eigenvalue weighted by atomic mass is 10.2. The van der Waals surface area contributed by atoms with Gasteiger partial charge in [-0.2, -0.15) is 5.10 Å². The van der Waals surface area contributed by atoms with Gasteiger partial charge in [-0.1, -0.05) is 35.6 Å². The van der Waals surface area contributed by atoms with Gasteiger partial charge in [0.1, 0.15) is 11.5 Å². The van der Waals surface area contributed by atoms with Crippen molar-refractivity contribution in [3.63, 3.8) is 0 Å². The number of nitrogens with zero attached hydrogens (tertiary/aromatic N) is 6. The number of halogens is 1. The average Bonchev–Trinajstić information content (AvgIpc) is 3.41. The maximum atomic E-state index is 14.1. The molecule has 31 heavy (non-hydrogen) atoms. The number of carbonyl (C=O) groups is 1. The Hall–Kier alpha value is -4.05. The van der Waals surface area contributed by atoms with Crippen LogP contribution in [0.25, 0.3) is 21.7 Å². The van der Waals surface area contributed by atoms with Crippen LogP contribution in [0.2, 0.25) is 0 Å². The van der Waals surface area contributed by atoms with Gasteiger partial charge in [-0.15, -0.1) is 10.2 Å². The van der Waals surface area contributed by atoms with E-state index in [4.69, 9.17) is 0 Å². The summed E-state index contributed by atoms with van der Waals surface area (Å²) >= 11 is 1.21. The van der Waals surface area contributed by atoms with Crippen LogP contribution in [0.3, 0.4) is 0 Å². The molecule has 5 rings (SSSR count). The Morgan fingerprint density at radius 1 is 1.00 bits per heavy atom. The molecule has 10 heteroatoms. The Kier molecular flexibility index (Phi) is 4.89. The lowest BCUT2D eigenvalue weighted by Crippen LogP contribution is -2.14. The van der Waals surface area contributed by atoms with E-state index in [1.54, 1.807) is 42.7 Å². The number of pyridine rings is 2. The number of fused-ring (bicyclic) bond motifs is 1. The van der Waals surface area contributed by atoms with Gasteiger partial charge < -0.3 is 0 Å². The number of nitrogens with one attached hydrogen (secondary N) is 1. The summed E-state index contributed by atoms with van der Waals surface area (Å²) in [5, 5.41) is 16.7. The Morgan fingerprint density at radius 2 is 1.84 bits per heavy atom. The number of anilines is 1. The molecule has 1 amide bonds. The molecule has 0 spiro atoms. The highest BCUT2D eigenvalue weighted by molar-refractivity contribution is 7.18. The summed E-state index contributed by atoms with van der Waals surface area (Å²) in [6, 6.07) is 15.4. The van der Waals surface area contributed by atoms with Gasteiger partial charge in [-0.3, -0.25) is 15.1 Å². The predicted molar refractivity (Wildman–Crippen MR) is 114 cm³/mol. The van der Waals surface area contributed by atoms with Gasteiger partial charge in [-0.05, 0) is 30.3 Å². The van der Waals surface area contributed by atoms with Crippen LogP contribution in [-0.2, 0) is 6.54 Å². The molecule has 5 aromatic rings. The fourth-order valence-corrected chi connectivity index (χ4v) is 3.81. The van der Waals surface area contributed by atoms with E-state index in [2.05, 4.69) is 30.6 Å².